The van der Waals surface area contributed by atoms with Gasteiger partial charge in [-0.2, -0.15) is 0 Å². The predicted octanol–water partition coefficient (Wildman–Crippen LogP) is 2.59. The molecule has 1 aromatic rings. The average molecular weight is 280 g/mol. The van der Waals surface area contributed by atoms with Crippen LogP contribution >= 0.6 is 23.2 Å². The summed E-state index contributed by atoms with van der Waals surface area (Å²) in [4.78, 5) is 0. The molecule has 6 heteroatoms. The maximum absolute atomic E-state index is 11.3. The van der Waals surface area contributed by atoms with Crippen molar-refractivity contribution in [1.29, 1.82) is 0 Å². The molecule has 0 amide bonds. The number of hydrogen-bond acceptors (Lipinski definition) is 3. The second kappa shape index (κ2) is 4.43. The van der Waals surface area contributed by atoms with E-state index in [4.69, 9.17) is 23.2 Å². The molecule has 0 saturated carbocycles. The standard InChI is InChI=1S/C10H11Cl2NO2S/c11-9-2-1-7(5-10(9)12)13-8-3-4-16(14,15)6-8/h1-2,5,8,13H,3-4,6H2/t8-/m0/s1. The lowest BCUT2D eigenvalue weighted by Gasteiger charge is -2.12. The molecule has 1 aliphatic heterocycles. The number of hydrogen-bond donors (Lipinski definition) is 1. The van der Waals surface area contributed by atoms with E-state index in [-0.39, 0.29) is 17.5 Å². The summed E-state index contributed by atoms with van der Waals surface area (Å²) < 4.78 is 22.5. The molecule has 0 aromatic heterocycles. The quantitative estimate of drug-likeness (QED) is 0.905. The van der Waals surface area contributed by atoms with Gasteiger partial charge in [0.1, 0.15) is 0 Å². The zero-order chi connectivity index (χ0) is 11.8. The third-order valence-corrected chi connectivity index (χ3v) is 5.03. The first kappa shape index (κ1) is 12.0. The van der Waals surface area contributed by atoms with E-state index in [9.17, 15) is 8.42 Å². The Morgan fingerprint density at radius 2 is 2.00 bits per heavy atom. The first-order valence-corrected chi connectivity index (χ1v) is 7.46. The van der Waals surface area contributed by atoms with Crippen molar-refractivity contribution in [2.75, 3.05) is 16.8 Å². The molecule has 0 unspecified atom stereocenters. The molecule has 1 atom stereocenters. The van der Waals surface area contributed by atoms with E-state index in [1.54, 1.807) is 18.2 Å². The molecule has 0 spiro atoms. The van der Waals surface area contributed by atoms with Gasteiger partial charge in [0.25, 0.3) is 0 Å². The Hall–Kier alpha value is -0.450. The number of benzene rings is 1. The van der Waals surface area contributed by atoms with Crippen molar-refractivity contribution in [1.82, 2.24) is 0 Å². The first-order chi connectivity index (χ1) is 7.46. The van der Waals surface area contributed by atoms with Crippen LogP contribution in [0.5, 0.6) is 0 Å². The zero-order valence-corrected chi connectivity index (χ0v) is 10.7. The Morgan fingerprint density at radius 3 is 2.56 bits per heavy atom. The highest BCUT2D eigenvalue weighted by Crippen LogP contribution is 2.26. The molecule has 0 radical (unpaired) electrons. The van der Waals surface area contributed by atoms with Gasteiger partial charge in [0.15, 0.2) is 9.84 Å². The van der Waals surface area contributed by atoms with Crippen molar-refractivity contribution in [3.63, 3.8) is 0 Å². The Morgan fingerprint density at radius 1 is 1.25 bits per heavy atom. The smallest absolute Gasteiger partial charge is 0.152 e. The van der Waals surface area contributed by atoms with Crippen LogP contribution in [0.25, 0.3) is 0 Å². The van der Waals surface area contributed by atoms with Crippen molar-refractivity contribution in [3.05, 3.63) is 28.2 Å². The number of sulfone groups is 1. The normalized spacial score (nSPS) is 23.2. The van der Waals surface area contributed by atoms with Gasteiger partial charge in [-0.3, -0.25) is 0 Å². The Labute approximate surface area is 105 Å². The summed E-state index contributed by atoms with van der Waals surface area (Å²) >= 11 is 11.7. The highest BCUT2D eigenvalue weighted by molar-refractivity contribution is 7.91. The molecule has 1 aliphatic rings. The molecule has 16 heavy (non-hydrogen) atoms. The van der Waals surface area contributed by atoms with Crippen LogP contribution in [-0.2, 0) is 9.84 Å². The number of rotatable bonds is 2. The highest BCUT2D eigenvalue weighted by atomic mass is 35.5. The Kier molecular flexibility index (Phi) is 3.33. The second-order valence-corrected chi connectivity index (χ2v) is 6.92. The van der Waals surface area contributed by atoms with E-state index in [0.717, 1.165) is 5.69 Å². The van der Waals surface area contributed by atoms with Gasteiger partial charge in [-0.1, -0.05) is 23.2 Å². The molecule has 1 heterocycles. The Bertz CT molecular complexity index is 502. The fraction of sp³-hybridized carbons (Fsp3) is 0.400. The van der Waals surface area contributed by atoms with Crippen LogP contribution in [0.15, 0.2) is 18.2 Å². The third-order valence-electron chi connectivity index (χ3n) is 2.52. The lowest BCUT2D eigenvalue weighted by Crippen LogP contribution is -2.20. The van der Waals surface area contributed by atoms with E-state index in [1.807, 2.05) is 0 Å². The number of anilines is 1. The van der Waals surface area contributed by atoms with Crippen molar-refractivity contribution in [3.8, 4) is 0 Å². The lowest BCUT2D eigenvalue weighted by molar-refractivity contribution is 0.602. The van der Waals surface area contributed by atoms with Crippen LogP contribution in [-0.4, -0.2) is 26.0 Å². The minimum atomic E-state index is -2.86. The molecule has 0 aliphatic carbocycles. The van der Waals surface area contributed by atoms with E-state index >= 15 is 0 Å². The molecule has 1 saturated heterocycles. The van der Waals surface area contributed by atoms with Crippen LogP contribution in [0.1, 0.15) is 6.42 Å². The molecule has 0 bridgehead atoms. The summed E-state index contributed by atoms with van der Waals surface area (Å²) in [7, 11) is -2.86. The third kappa shape index (κ3) is 2.81. The maximum Gasteiger partial charge on any atom is 0.152 e. The second-order valence-electron chi connectivity index (χ2n) is 3.87. The van der Waals surface area contributed by atoms with Gasteiger partial charge >= 0.3 is 0 Å². The SMILES string of the molecule is O=S1(=O)CC[C@H](Nc2ccc(Cl)c(Cl)c2)C1. The molecule has 1 fully saturated rings. The Balaban J connectivity index is 2.08. The zero-order valence-electron chi connectivity index (χ0n) is 8.41. The summed E-state index contributed by atoms with van der Waals surface area (Å²) in [5.41, 5.74) is 0.802. The van der Waals surface area contributed by atoms with Crippen LogP contribution in [0, 0.1) is 0 Å². The van der Waals surface area contributed by atoms with Crippen LogP contribution < -0.4 is 5.32 Å². The van der Waals surface area contributed by atoms with E-state index in [0.29, 0.717) is 16.5 Å². The van der Waals surface area contributed by atoms with Crippen molar-refractivity contribution >= 4 is 38.7 Å². The first-order valence-electron chi connectivity index (χ1n) is 4.88. The minimum Gasteiger partial charge on any atom is -0.381 e. The van der Waals surface area contributed by atoms with Crippen molar-refractivity contribution in [2.24, 2.45) is 0 Å². The minimum absolute atomic E-state index is 0.0257. The highest BCUT2D eigenvalue weighted by Gasteiger charge is 2.27. The van der Waals surface area contributed by atoms with Gasteiger partial charge in [-0.15, -0.1) is 0 Å². The van der Waals surface area contributed by atoms with Crippen molar-refractivity contribution < 1.29 is 8.42 Å². The molecular weight excluding hydrogens is 269 g/mol. The molecule has 88 valence electrons. The van der Waals surface area contributed by atoms with Crippen LogP contribution in [0.3, 0.4) is 0 Å². The van der Waals surface area contributed by atoms with Gasteiger partial charge in [0.05, 0.1) is 21.6 Å². The van der Waals surface area contributed by atoms with Gasteiger partial charge < -0.3 is 5.32 Å². The topological polar surface area (TPSA) is 46.2 Å². The van der Waals surface area contributed by atoms with Crippen LogP contribution in [0.2, 0.25) is 10.0 Å². The summed E-state index contributed by atoms with van der Waals surface area (Å²) in [6, 6.07) is 5.16. The molecule has 2 rings (SSSR count). The predicted molar refractivity (Wildman–Crippen MR) is 67.1 cm³/mol. The van der Waals surface area contributed by atoms with E-state index in [2.05, 4.69) is 5.32 Å². The molecular formula is C10H11Cl2NO2S. The molecule has 3 nitrogen and oxygen atoms in total. The fourth-order valence-electron chi connectivity index (χ4n) is 1.73. The summed E-state index contributed by atoms with van der Waals surface area (Å²) in [5.74, 6) is 0.444. The van der Waals surface area contributed by atoms with E-state index < -0.39 is 9.84 Å². The summed E-state index contributed by atoms with van der Waals surface area (Å²) in [6.45, 7) is 0. The van der Waals surface area contributed by atoms with E-state index in [1.165, 1.54) is 0 Å². The van der Waals surface area contributed by atoms with Crippen LogP contribution in [0.4, 0.5) is 5.69 Å². The maximum atomic E-state index is 11.3. The summed E-state index contributed by atoms with van der Waals surface area (Å²) in [6.07, 6.45) is 0.641. The summed E-state index contributed by atoms with van der Waals surface area (Å²) in [5, 5.41) is 4.10. The van der Waals surface area contributed by atoms with Gasteiger partial charge in [0, 0.05) is 11.7 Å². The van der Waals surface area contributed by atoms with Gasteiger partial charge in [-0.05, 0) is 24.6 Å². The lowest BCUT2D eigenvalue weighted by atomic mass is 10.2. The molecule has 1 aromatic carbocycles. The average Bonchev–Trinajstić information content (AvgIpc) is 2.52. The van der Waals surface area contributed by atoms with Gasteiger partial charge in [-0.25, -0.2) is 8.42 Å². The largest absolute Gasteiger partial charge is 0.381 e. The van der Waals surface area contributed by atoms with Crippen molar-refractivity contribution in [2.45, 2.75) is 12.5 Å². The molecule has 1 N–H and O–H groups in total. The monoisotopic (exact) mass is 279 g/mol. The fourth-order valence-corrected chi connectivity index (χ4v) is 3.70. The van der Waals surface area contributed by atoms with Gasteiger partial charge in [0.2, 0.25) is 0 Å². The number of halogens is 2. The number of nitrogens with one attached hydrogen (secondary N) is 1.